The van der Waals surface area contributed by atoms with Crippen molar-refractivity contribution in [1.82, 2.24) is 14.6 Å². The van der Waals surface area contributed by atoms with E-state index in [4.69, 9.17) is 11.6 Å². The van der Waals surface area contributed by atoms with Gasteiger partial charge in [0.2, 0.25) is 0 Å². The molecule has 2 rings (SSSR count). The summed E-state index contributed by atoms with van der Waals surface area (Å²) in [5.41, 5.74) is 2.04. The Morgan fingerprint density at radius 2 is 2.25 bits per heavy atom. The minimum atomic E-state index is -1.11. The van der Waals surface area contributed by atoms with Crippen molar-refractivity contribution in [3.8, 4) is 0 Å². The third kappa shape index (κ3) is 1.67. The predicted octanol–water partition coefficient (Wildman–Crippen LogP) is 3.28. The molecule has 0 aliphatic rings. The highest BCUT2D eigenvalue weighted by Gasteiger charge is 2.16. The number of rotatable bonds is 2. The lowest BCUT2D eigenvalue weighted by atomic mass is 10.1. The lowest BCUT2D eigenvalue weighted by Gasteiger charge is -2.08. The molecule has 0 bridgehead atoms. The zero-order valence-electron chi connectivity index (χ0n) is 9.46. The van der Waals surface area contributed by atoms with Crippen molar-refractivity contribution in [3.63, 3.8) is 0 Å². The molecule has 0 radical (unpaired) electrons. The Morgan fingerprint density at radius 1 is 1.56 bits per heavy atom. The maximum atomic E-state index is 13.3. The Hall–Kier alpha value is -1.16. The molecule has 0 aromatic carbocycles. The van der Waals surface area contributed by atoms with E-state index in [0.717, 1.165) is 12.0 Å². The van der Waals surface area contributed by atoms with Crippen LogP contribution in [0.3, 0.4) is 0 Å². The van der Waals surface area contributed by atoms with Gasteiger partial charge < -0.3 is 0 Å². The SMILES string of the molecule is CCc1nc2c(C)cc(C(C)F)c(Cl)n2n1. The highest BCUT2D eigenvalue weighted by molar-refractivity contribution is 6.30. The summed E-state index contributed by atoms with van der Waals surface area (Å²) in [6.07, 6.45) is -0.373. The molecule has 16 heavy (non-hydrogen) atoms. The van der Waals surface area contributed by atoms with Crippen LogP contribution in [0, 0.1) is 6.92 Å². The number of hydrogen-bond donors (Lipinski definition) is 0. The minimum Gasteiger partial charge on any atom is -0.242 e. The van der Waals surface area contributed by atoms with E-state index in [-0.39, 0.29) is 0 Å². The van der Waals surface area contributed by atoms with E-state index >= 15 is 0 Å². The number of hydrogen-bond acceptors (Lipinski definition) is 2. The van der Waals surface area contributed by atoms with E-state index in [0.29, 0.717) is 22.2 Å². The summed E-state index contributed by atoms with van der Waals surface area (Å²) in [7, 11) is 0. The molecule has 3 nitrogen and oxygen atoms in total. The highest BCUT2D eigenvalue weighted by Crippen LogP contribution is 2.28. The van der Waals surface area contributed by atoms with Crippen molar-refractivity contribution in [3.05, 3.63) is 28.2 Å². The van der Waals surface area contributed by atoms with E-state index in [9.17, 15) is 4.39 Å². The fourth-order valence-corrected chi connectivity index (χ4v) is 1.98. The molecule has 0 aliphatic heterocycles. The van der Waals surface area contributed by atoms with Crippen LogP contribution < -0.4 is 0 Å². The van der Waals surface area contributed by atoms with Gasteiger partial charge in [-0.1, -0.05) is 18.5 Å². The summed E-state index contributed by atoms with van der Waals surface area (Å²) in [5, 5.41) is 4.55. The maximum absolute atomic E-state index is 13.3. The van der Waals surface area contributed by atoms with E-state index in [1.54, 1.807) is 6.07 Å². The van der Waals surface area contributed by atoms with Gasteiger partial charge in [0, 0.05) is 12.0 Å². The van der Waals surface area contributed by atoms with Crippen molar-refractivity contribution in [2.45, 2.75) is 33.4 Å². The molecule has 2 aromatic rings. The molecule has 2 aromatic heterocycles. The van der Waals surface area contributed by atoms with Crippen LogP contribution in [-0.4, -0.2) is 14.6 Å². The van der Waals surface area contributed by atoms with Crippen LogP contribution in [0.25, 0.3) is 5.65 Å². The van der Waals surface area contributed by atoms with Gasteiger partial charge in [-0.25, -0.2) is 13.9 Å². The molecular weight excluding hydrogens is 229 g/mol. The molecule has 0 amide bonds. The van der Waals surface area contributed by atoms with Crippen molar-refractivity contribution in [1.29, 1.82) is 0 Å². The second kappa shape index (κ2) is 4.01. The van der Waals surface area contributed by atoms with Crippen LogP contribution in [0.5, 0.6) is 0 Å². The van der Waals surface area contributed by atoms with Gasteiger partial charge in [0.1, 0.15) is 11.3 Å². The van der Waals surface area contributed by atoms with Gasteiger partial charge in [-0.3, -0.25) is 0 Å². The second-order valence-electron chi connectivity index (χ2n) is 3.81. The monoisotopic (exact) mass is 241 g/mol. The zero-order chi connectivity index (χ0) is 11.9. The summed E-state index contributed by atoms with van der Waals surface area (Å²) in [4.78, 5) is 4.34. The van der Waals surface area contributed by atoms with Gasteiger partial charge in [0.15, 0.2) is 11.5 Å². The normalized spacial score (nSPS) is 13.3. The van der Waals surface area contributed by atoms with Crippen LogP contribution in [0.1, 0.15) is 37.0 Å². The molecule has 0 fully saturated rings. The highest BCUT2D eigenvalue weighted by atomic mass is 35.5. The van der Waals surface area contributed by atoms with E-state index < -0.39 is 6.17 Å². The van der Waals surface area contributed by atoms with Gasteiger partial charge in [0.05, 0.1) is 0 Å². The van der Waals surface area contributed by atoms with E-state index in [1.165, 1.54) is 11.4 Å². The molecule has 0 saturated heterocycles. The topological polar surface area (TPSA) is 30.2 Å². The first-order chi connectivity index (χ1) is 7.54. The summed E-state index contributed by atoms with van der Waals surface area (Å²) in [6.45, 7) is 5.31. The summed E-state index contributed by atoms with van der Waals surface area (Å²) in [6, 6.07) is 1.73. The Balaban J connectivity index is 2.77. The van der Waals surface area contributed by atoms with Crippen molar-refractivity contribution < 1.29 is 4.39 Å². The zero-order valence-corrected chi connectivity index (χ0v) is 10.2. The lowest BCUT2D eigenvalue weighted by Crippen LogP contribution is -1.99. The number of nitrogens with zero attached hydrogens (tertiary/aromatic N) is 3. The molecule has 0 aliphatic carbocycles. The van der Waals surface area contributed by atoms with E-state index in [1.807, 2.05) is 13.8 Å². The Bertz CT molecular complexity index is 533. The number of halogens is 2. The lowest BCUT2D eigenvalue weighted by molar-refractivity contribution is 0.373. The second-order valence-corrected chi connectivity index (χ2v) is 4.16. The average molecular weight is 242 g/mol. The molecular formula is C11H13ClFN3. The molecule has 2 heterocycles. The minimum absolute atomic E-state index is 0.308. The van der Waals surface area contributed by atoms with E-state index in [2.05, 4.69) is 10.1 Å². The molecule has 5 heteroatoms. The summed E-state index contributed by atoms with van der Waals surface area (Å²) < 4.78 is 14.9. The first-order valence-electron chi connectivity index (χ1n) is 5.23. The number of pyridine rings is 1. The van der Waals surface area contributed by atoms with Crippen LogP contribution in [0.2, 0.25) is 5.15 Å². The standard InChI is InChI=1S/C11H13ClFN3/c1-4-9-14-11-6(2)5-8(7(3)13)10(12)16(11)15-9/h5,7H,4H2,1-3H3. The fourth-order valence-electron chi connectivity index (χ4n) is 1.66. The van der Waals surface area contributed by atoms with Crippen LogP contribution in [0.15, 0.2) is 6.07 Å². The third-order valence-corrected chi connectivity index (χ3v) is 2.92. The Labute approximate surface area is 98.3 Å². The third-order valence-electron chi connectivity index (χ3n) is 2.54. The Morgan fingerprint density at radius 3 is 2.81 bits per heavy atom. The average Bonchev–Trinajstić information content (AvgIpc) is 2.67. The first kappa shape index (κ1) is 11.3. The fraction of sp³-hybridized carbons (Fsp3) is 0.455. The van der Waals surface area contributed by atoms with Crippen molar-refractivity contribution in [2.75, 3.05) is 0 Å². The maximum Gasteiger partial charge on any atom is 0.160 e. The largest absolute Gasteiger partial charge is 0.242 e. The molecule has 0 N–H and O–H groups in total. The Kier molecular flexibility index (Phi) is 2.84. The van der Waals surface area contributed by atoms with Crippen LogP contribution in [0.4, 0.5) is 4.39 Å². The summed E-state index contributed by atoms with van der Waals surface area (Å²) >= 11 is 6.10. The molecule has 0 saturated carbocycles. The number of aryl methyl sites for hydroxylation is 2. The van der Waals surface area contributed by atoms with Gasteiger partial charge in [-0.05, 0) is 25.5 Å². The summed E-state index contributed by atoms with van der Waals surface area (Å²) in [5.74, 6) is 0.716. The molecule has 1 unspecified atom stereocenters. The van der Waals surface area contributed by atoms with Gasteiger partial charge in [0.25, 0.3) is 0 Å². The molecule has 1 atom stereocenters. The predicted molar refractivity (Wildman–Crippen MR) is 61.6 cm³/mol. The molecule has 86 valence electrons. The van der Waals surface area contributed by atoms with Gasteiger partial charge in [-0.15, -0.1) is 5.10 Å². The molecule has 0 spiro atoms. The van der Waals surface area contributed by atoms with Crippen LogP contribution >= 0.6 is 11.6 Å². The van der Waals surface area contributed by atoms with Gasteiger partial charge in [-0.2, -0.15) is 0 Å². The first-order valence-corrected chi connectivity index (χ1v) is 5.61. The number of aromatic nitrogens is 3. The number of alkyl halides is 1. The van der Waals surface area contributed by atoms with Gasteiger partial charge >= 0.3 is 0 Å². The van der Waals surface area contributed by atoms with Crippen LogP contribution in [-0.2, 0) is 6.42 Å². The quantitative estimate of drug-likeness (QED) is 0.756. The smallest absolute Gasteiger partial charge is 0.160 e. The van der Waals surface area contributed by atoms with Crippen molar-refractivity contribution in [2.24, 2.45) is 0 Å². The number of fused-ring (bicyclic) bond motifs is 1. The van der Waals surface area contributed by atoms with Crippen molar-refractivity contribution >= 4 is 17.2 Å².